The van der Waals surface area contributed by atoms with Crippen LogP contribution in [0.1, 0.15) is 39.2 Å². The van der Waals surface area contributed by atoms with Crippen molar-refractivity contribution in [2.75, 3.05) is 19.7 Å². The van der Waals surface area contributed by atoms with Crippen molar-refractivity contribution in [3.63, 3.8) is 0 Å². The highest BCUT2D eigenvalue weighted by atomic mass is 16.3. The Kier molecular flexibility index (Phi) is 5.42. The van der Waals surface area contributed by atoms with Crippen LogP contribution in [0.2, 0.25) is 0 Å². The molecule has 2 rings (SSSR count). The van der Waals surface area contributed by atoms with Crippen LogP contribution in [0.25, 0.3) is 0 Å². The Morgan fingerprint density at radius 3 is 2.52 bits per heavy atom. The molecule has 0 amide bonds. The summed E-state index contributed by atoms with van der Waals surface area (Å²) in [5.74, 6) is 1.47. The molecule has 1 aromatic rings. The topological polar surface area (TPSA) is 49.5 Å². The van der Waals surface area contributed by atoms with E-state index in [0.29, 0.717) is 6.04 Å². The summed E-state index contributed by atoms with van der Waals surface area (Å²) in [6.45, 7) is 9.06. The fraction of sp³-hybridized carbons (Fsp3) is 0.667. The van der Waals surface area contributed by atoms with Crippen LogP contribution in [0.5, 0.6) is 0 Å². The Morgan fingerprint density at radius 2 is 1.90 bits per heavy atom. The number of hydrogen-bond donors (Lipinski definition) is 2. The molecule has 1 aromatic carbocycles. The van der Waals surface area contributed by atoms with Crippen LogP contribution in [0.15, 0.2) is 30.3 Å². The highest BCUT2D eigenvalue weighted by Crippen LogP contribution is 2.29. The van der Waals surface area contributed by atoms with Crippen LogP contribution in [0.3, 0.4) is 0 Å². The van der Waals surface area contributed by atoms with Crippen LogP contribution in [0, 0.1) is 11.8 Å². The number of benzene rings is 1. The predicted molar refractivity (Wildman–Crippen MR) is 88.0 cm³/mol. The highest BCUT2D eigenvalue weighted by molar-refractivity contribution is 5.24. The molecule has 0 saturated carbocycles. The molecule has 1 saturated heterocycles. The summed E-state index contributed by atoms with van der Waals surface area (Å²) in [4.78, 5) is 2.54. The second-order valence-corrected chi connectivity index (χ2v) is 6.98. The molecule has 0 bridgehead atoms. The third-order valence-corrected chi connectivity index (χ3v) is 5.20. The van der Waals surface area contributed by atoms with E-state index in [0.717, 1.165) is 36.9 Å². The van der Waals surface area contributed by atoms with Gasteiger partial charge >= 0.3 is 0 Å². The van der Waals surface area contributed by atoms with Gasteiger partial charge in [0.2, 0.25) is 0 Å². The van der Waals surface area contributed by atoms with Gasteiger partial charge in [0.25, 0.3) is 0 Å². The number of aliphatic hydroxyl groups is 1. The maximum Gasteiger partial charge on any atom is 0.0656 e. The zero-order valence-electron chi connectivity index (χ0n) is 13.6. The standard InChI is InChI=1S/C18H30N2O/c1-14-11-15(2)16(3)20(12-14)10-9-18(19,13-21)17-7-5-4-6-8-17/h4-8,14-16,21H,9-13,19H2,1-3H3. The van der Waals surface area contributed by atoms with E-state index in [9.17, 15) is 5.11 Å². The third kappa shape index (κ3) is 3.85. The minimum Gasteiger partial charge on any atom is -0.394 e. The van der Waals surface area contributed by atoms with Gasteiger partial charge in [-0.1, -0.05) is 44.2 Å². The van der Waals surface area contributed by atoms with Gasteiger partial charge in [0.05, 0.1) is 12.1 Å². The van der Waals surface area contributed by atoms with Crippen molar-refractivity contribution >= 4 is 0 Å². The summed E-state index contributed by atoms with van der Waals surface area (Å²) < 4.78 is 0. The predicted octanol–water partition coefficient (Wildman–Crippen LogP) is 2.59. The van der Waals surface area contributed by atoms with Crippen molar-refractivity contribution in [3.05, 3.63) is 35.9 Å². The number of aliphatic hydroxyl groups excluding tert-OH is 1. The lowest BCUT2D eigenvalue weighted by Gasteiger charge is -2.42. The van der Waals surface area contributed by atoms with Crippen molar-refractivity contribution in [2.24, 2.45) is 17.6 Å². The van der Waals surface area contributed by atoms with Gasteiger partial charge in [-0.25, -0.2) is 0 Å². The van der Waals surface area contributed by atoms with Crippen LogP contribution < -0.4 is 5.73 Å². The second kappa shape index (κ2) is 6.91. The van der Waals surface area contributed by atoms with Crippen molar-refractivity contribution in [2.45, 2.75) is 45.2 Å². The Bertz CT molecular complexity index is 436. The molecule has 3 nitrogen and oxygen atoms in total. The number of piperidine rings is 1. The molecule has 0 spiro atoms. The van der Waals surface area contributed by atoms with Gasteiger partial charge in [-0.05, 0) is 37.2 Å². The third-order valence-electron chi connectivity index (χ3n) is 5.20. The average Bonchev–Trinajstić information content (AvgIpc) is 2.50. The smallest absolute Gasteiger partial charge is 0.0656 e. The molecule has 1 aliphatic rings. The molecule has 21 heavy (non-hydrogen) atoms. The maximum absolute atomic E-state index is 9.79. The Labute approximate surface area is 129 Å². The molecule has 1 fully saturated rings. The van der Waals surface area contributed by atoms with E-state index >= 15 is 0 Å². The number of likely N-dealkylation sites (tertiary alicyclic amines) is 1. The summed E-state index contributed by atoms with van der Waals surface area (Å²) in [5.41, 5.74) is 6.87. The van der Waals surface area contributed by atoms with Crippen LogP contribution in [0.4, 0.5) is 0 Å². The molecule has 0 aliphatic carbocycles. The van der Waals surface area contributed by atoms with Crippen molar-refractivity contribution in [3.8, 4) is 0 Å². The summed E-state index contributed by atoms with van der Waals surface area (Å²) in [6.07, 6.45) is 2.10. The Hall–Kier alpha value is -0.900. The lowest BCUT2D eigenvalue weighted by Crippen LogP contribution is -2.49. The van der Waals surface area contributed by atoms with E-state index in [2.05, 4.69) is 25.7 Å². The van der Waals surface area contributed by atoms with Gasteiger partial charge in [0.15, 0.2) is 0 Å². The van der Waals surface area contributed by atoms with Gasteiger partial charge < -0.3 is 15.7 Å². The summed E-state index contributed by atoms with van der Waals surface area (Å²) >= 11 is 0. The molecule has 0 radical (unpaired) electrons. The number of nitrogens with zero attached hydrogens (tertiary/aromatic N) is 1. The average molecular weight is 290 g/mol. The van der Waals surface area contributed by atoms with Gasteiger partial charge in [-0.3, -0.25) is 0 Å². The number of hydrogen-bond acceptors (Lipinski definition) is 3. The van der Waals surface area contributed by atoms with Gasteiger partial charge in [-0.15, -0.1) is 0 Å². The molecule has 4 unspecified atom stereocenters. The van der Waals surface area contributed by atoms with E-state index in [-0.39, 0.29) is 6.61 Å². The molecule has 4 atom stereocenters. The van der Waals surface area contributed by atoms with Crippen molar-refractivity contribution in [1.29, 1.82) is 0 Å². The van der Waals surface area contributed by atoms with Gasteiger partial charge in [-0.2, -0.15) is 0 Å². The van der Waals surface area contributed by atoms with Crippen LogP contribution >= 0.6 is 0 Å². The fourth-order valence-electron chi connectivity index (χ4n) is 3.56. The largest absolute Gasteiger partial charge is 0.394 e. The monoisotopic (exact) mass is 290 g/mol. The van der Waals surface area contributed by atoms with E-state index in [1.165, 1.54) is 6.42 Å². The maximum atomic E-state index is 9.79. The zero-order valence-corrected chi connectivity index (χ0v) is 13.6. The van der Waals surface area contributed by atoms with Gasteiger partial charge in [0.1, 0.15) is 0 Å². The molecule has 3 N–H and O–H groups in total. The quantitative estimate of drug-likeness (QED) is 0.876. The minimum atomic E-state index is -0.634. The first-order valence-corrected chi connectivity index (χ1v) is 8.15. The van der Waals surface area contributed by atoms with Gasteiger partial charge in [0, 0.05) is 19.1 Å². The minimum absolute atomic E-state index is 0.00958. The first kappa shape index (κ1) is 16.5. The number of rotatable bonds is 5. The first-order chi connectivity index (χ1) is 9.96. The van der Waals surface area contributed by atoms with E-state index in [1.54, 1.807) is 0 Å². The lowest BCUT2D eigenvalue weighted by atomic mass is 9.84. The molecule has 3 heteroatoms. The molecular formula is C18H30N2O. The molecule has 118 valence electrons. The first-order valence-electron chi connectivity index (χ1n) is 8.15. The van der Waals surface area contributed by atoms with Crippen molar-refractivity contribution < 1.29 is 5.11 Å². The zero-order chi connectivity index (χ0) is 15.5. The van der Waals surface area contributed by atoms with E-state index in [1.807, 2.05) is 30.3 Å². The summed E-state index contributed by atoms with van der Waals surface area (Å²) in [7, 11) is 0. The van der Waals surface area contributed by atoms with Crippen LogP contribution in [-0.2, 0) is 5.54 Å². The summed E-state index contributed by atoms with van der Waals surface area (Å²) in [5, 5.41) is 9.79. The van der Waals surface area contributed by atoms with E-state index in [4.69, 9.17) is 5.73 Å². The van der Waals surface area contributed by atoms with E-state index < -0.39 is 5.54 Å². The fourth-order valence-corrected chi connectivity index (χ4v) is 3.56. The molecule has 1 heterocycles. The molecule has 1 aliphatic heterocycles. The normalized spacial score (nSPS) is 30.0. The summed E-state index contributed by atoms with van der Waals surface area (Å²) in [6, 6.07) is 10.6. The highest BCUT2D eigenvalue weighted by Gasteiger charge is 2.32. The Morgan fingerprint density at radius 1 is 1.24 bits per heavy atom. The van der Waals surface area contributed by atoms with Crippen molar-refractivity contribution in [1.82, 2.24) is 4.90 Å². The molecule has 0 aromatic heterocycles. The number of nitrogens with two attached hydrogens (primary N) is 1. The second-order valence-electron chi connectivity index (χ2n) is 6.98. The SMILES string of the molecule is CC1CC(C)C(C)N(CCC(N)(CO)c2ccccc2)C1. The molecular weight excluding hydrogens is 260 g/mol. The lowest BCUT2D eigenvalue weighted by molar-refractivity contribution is 0.0653. The van der Waals surface area contributed by atoms with Crippen LogP contribution in [-0.4, -0.2) is 35.7 Å². The Balaban J connectivity index is 2.03.